The zero-order chi connectivity index (χ0) is 27.7. The molecule has 9 nitrogen and oxygen atoms in total. The Morgan fingerprint density at radius 3 is 2.18 bits per heavy atom. The second-order valence-corrected chi connectivity index (χ2v) is 10.5. The number of amides is 3. The number of carbonyl (C=O) groups excluding carboxylic acids is 4. The van der Waals surface area contributed by atoms with Gasteiger partial charge >= 0.3 is 12.1 Å². The van der Waals surface area contributed by atoms with Crippen LogP contribution in [0.3, 0.4) is 0 Å². The van der Waals surface area contributed by atoms with Gasteiger partial charge in [-0.15, -0.1) is 0 Å². The molecular weight excluding hydrogens is 486 g/mol. The number of rotatable bonds is 10. The molecule has 0 aromatic heterocycles. The van der Waals surface area contributed by atoms with Gasteiger partial charge in [0.15, 0.2) is 0 Å². The molecule has 0 saturated carbocycles. The highest BCUT2D eigenvalue weighted by molar-refractivity contribution is 5.91. The van der Waals surface area contributed by atoms with Crippen molar-refractivity contribution >= 4 is 23.9 Å². The maximum atomic E-state index is 13.7. The number of nitrogens with one attached hydrogen (secondary N) is 1. The highest BCUT2D eigenvalue weighted by Crippen LogP contribution is 2.23. The Kier molecular flexibility index (Phi) is 9.87. The number of ether oxygens (including phenoxy) is 2. The molecule has 204 valence electrons. The number of alkyl carbamates (subject to hydrolysis) is 1. The summed E-state index contributed by atoms with van der Waals surface area (Å²) in [6, 6.07) is 16.7. The van der Waals surface area contributed by atoms with E-state index in [0.717, 1.165) is 11.1 Å². The molecule has 0 aliphatic carbocycles. The second kappa shape index (κ2) is 13.1. The first kappa shape index (κ1) is 28.7. The number of nitrogens with two attached hydrogens (primary N) is 1. The highest BCUT2D eigenvalue weighted by Gasteiger charge is 2.40. The molecule has 38 heavy (non-hydrogen) atoms. The molecule has 0 unspecified atom stereocenters. The molecule has 1 aliphatic rings. The molecule has 9 heteroatoms. The van der Waals surface area contributed by atoms with Crippen LogP contribution in [-0.2, 0) is 36.9 Å². The SMILES string of the molecule is CC(C)(C)OC(=O)N[C@@H](C[C@@H](Cc1ccccc1)C(N)=O)C(=O)N1CCC[C@@H]1C(=O)OCc1ccccc1. The molecule has 2 aromatic rings. The zero-order valence-electron chi connectivity index (χ0n) is 22.2. The monoisotopic (exact) mass is 523 g/mol. The van der Waals surface area contributed by atoms with Crippen LogP contribution in [0.15, 0.2) is 60.7 Å². The maximum absolute atomic E-state index is 13.7. The normalized spacial score (nSPS) is 16.8. The molecule has 1 fully saturated rings. The molecule has 1 heterocycles. The van der Waals surface area contributed by atoms with Gasteiger partial charge in [0.25, 0.3) is 0 Å². The molecule has 1 aliphatic heterocycles. The second-order valence-electron chi connectivity index (χ2n) is 10.5. The molecular formula is C29H37N3O6. The lowest BCUT2D eigenvalue weighted by Crippen LogP contribution is -2.53. The topological polar surface area (TPSA) is 128 Å². The van der Waals surface area contributed by atoms with Gasteiger partial charge < -0.3 is 25.4 Å². The van der Waals surface area contributed by atoms with Gasteiger partial charge in [0, 0.05) is 12.5 Å². The largest absolute Gasteiger partial charge is 0.459 e. The Bertz CT molecular complexity index is 1100. The van der Waals surface area contributed by atoms with Gasteiger partial charge in [-0.1, -0.05) is 60.7 Å². The van der Waals surface area contributed by atoms with Gasteiger partial charge in [-0.3, -0.25) is 9.59 Å². The van der Waals surface area contributed by atoms with Gasteiger partial charge in [-0.05, 0) is 57.6 Å². The van der Waals surface area contributed by atoms with Crippen molar-refractivity contribution in [2.75, 3.05) is 6.54 Å². The average Bonchev–Trinajstić information content (AvgIpc) is 3.36. The molecule has 3 rings (SSSR count). The molecule has 1 saturated heterocycles. The van der Waals surface area contributed by atoms with E-state index in [4.69, 9.17) is 15.2 Å². The summed E-state index contributed by atoms with van der Waals surface area (Å²) < 4.78 is 10.9. The number of esters is 1. The number of nitrogens with zero attached hydrogens (tertiary/aromatic N) is 1. The number of primary amides is 1. The Labute approximate surface area is 223 Å². The van der Waals surface area contributed by atoms with E-state index in [1.54, 1.807) is 20.8 Å². The van der Waals surface area contributed by atoms with Crippen molar-refractivity contribution in [3.05, 3.63) is 71.8 Å². The fourth-order valence-corrected chi connectivity index (χ4v) is 4.46. The van der Waals surface area contributed by atoms with Crippen molar-refractivity contribution in [3.63, 3.8) is 0 Å². The lowest BCUT2D eigenvalue weighted by molar-refractivity contribution is -0.155. The van der Waals surface area contributed by atoms with E-state index < -0.39 is 47.5 Å². The Morgan fingerprint density at radius 1 is 1.00 bits per heavy atom. The third-order valence-electron chi connectivity index (χ3n) is 6.27. The minimum atomic E-state index is -1.12. The summed E-state index contributed by atoms with van der Waals surface area (Å²) >= 11 is 0. The molecule has 2 aromatic carbocycles. The van der Waals surface area contributed by atoms with Gasteiger partial charge in [-0.2, -0.15) is 0 Å². The lowest BCUT2D eigenvalue weighted by atomic mass is 9.91. The van der Waals surface area contributed by atoms with E-state index in [9.17, 15) is 19.2 Å². The van der Waals surface area contributed by atoms with Crippen LogP contribution in [-0.4, -0.2) is 53.0 Å². The number of hydrogen-bond acceptors (Lipinski definition) is 6. The standard InChI is InChI=1S/C29H37N3O6/c1-29(2,3)38-28(36)31-23(18-22(25(30)33)17-20-11-6-4-7-12-20)26(34)32-16-10-15-24(32)27(35)37-19-21-13-8-5-9-14-21/h4-9,11-14,22-24H,10,15-19H2,1-3H3,(H2,30,33)(H,31,36)/t22-,23+,24-/m1/s1. The van der Waals surface area contributed by atoms with Crippen molar-refractivity contribution in [1.82, 2.24) is 10.2 Å². The zero-order valence-corrected chi connectivity index (χ0v) is 22.2. The molecule has 3 N–H and O–H groups in total. The number of hydrogen-bond donors (Lipinski definition) is 2. The summed E-state index contributed by atoms with van der Waals surface area (Å²) in [5.74, 6) is -2.30. The number of carbonyl (C=O) groups is 4. The summed E-state index contributed by atoms with van der Waals surface area (Å²) in [6.45, 7) is 5.56. The van der Waals surface area contributed by atoms with E-state index in [0.29, 0.717) is 25.8 Å². The number of benzene rings is 2. The summed E-state index contributed by atoms with van der Waals surface area (Å²) in [4.78, 5) is 53.1. The van der Waals surface area contributed by atoms with Crippen molar-refractivity contribution in [1.29, 1.82) is 0 Å². The van der Waals surface area contributed by atoms with E-state index in [-0.39, 0.29) is 13.0 Å². The van der Waals surface area contributed by atoms with Crippen molar-refractivity contribution in [2.45, 2.75) is 70.7 Å². The third-order valence-corrected chi connectivity index (χ3v) is 6.27. The first-order valence-corrected chi connectivity index (χ1v) is 12.9. The number of likely N-dealkylation sites (tertiary alicyclic amines) is 1. The Morgan fingerprint density at radius 2 is 1.61 bits per heavy atom. The minimum absolute atomic E-state index is 0.0371. The van der Waals surface area contributed by atoms with E-state index in [1.807, 2.05) is 60.7 Å². The van der Waals surface area contributed by atoms with Crippen LogP contribution in [0.1, 0.15) is 51.2 Å². The lowest BCUT2D eigenvalue weighted by Gasteiger charge is -2.30. The van der Waals surface area contributed by atoms with Gasteiger partial charge in [0.1, 0.15) is 24.3 Å². The van der Waals surface area contributed by atoms with E-state index in [2.05, 4.69) is 5.32 Å². The summed E-state index contributed by atoms with van der Waals surface area (Å²) in [6.07, 6.45) is 0.533. The highest BCUT2D eigenvalue weighted by atomic mass is 16.6. The quantitative estimate of drug-likeness (QED) is 0.460. The fourth-order valence-electron chi connectivity index (χ4n) is 4.46. The Balaban J connectivity index is 1.76. The summed E-state index contributed by atoms with van der Waals surface area (Å²) in [7, 11) is 0. The van der Waals surface area contributed by atoms with Gasteiger partial charge in [-0.25, -0.2) is 9.59 Å². The molecule has 0 spiro atoms. The van der Waals surface area contributed by atoms with Gasteiger partial charge in [0.2, 0.25) is 11.8 Å². The molecule has 3 atom stereocenters. The van der Waals surface area contributed by atoms with Crippen LogP contribution < -0.4 is 11.1 Å². The van der Waals surface area contributed by atoms with Crippen LogP contribution >= 0.6 is 0 Å². The van der Waals surface area contributed by atoms with Crippen molar-refractivity contribution in [2.24, 2.45) is 11.7 Å². The van der Waals surface area contributed by atoms with Crippen LogP contribution in [0, 0.1) is 5.92 Å². The maximum Gasteiger partial charge on any atom is 0.408 e. The van der Waals surface area contributed by atoms with Crippen molar-refractivity contribution < 1.29 is 28.7 Å². The average molecular weight is 524 g/mol. The first-order valence-electron chi connectivity index (χ1n) is 12.9. The van der Waals surface area contributed by atoms with E-state index >= 15 is 0 Å². The van der Waals surface area contributed by atoms with Crippen molar-refractivity contribution in [3.8, 4) is 0 Å². The predicted octanol–water partition coefficient (Wildman–Crippen LogP) is 3.35. The minimum Gasteiger partial charge on any atom is -0.459 e. The van der Waals surface area contributed by atoms with E-state index in [1.165, 1.54) is 4.90 Å². The Hall–Kier alpha value is -3.88. The van der Waals surface area contributed by atoms with Crippen LogP contribution in [0.25, 0.3) is 0 Å². The summed E-state index contributed by atoms with van der Waals surface area (Å²) in [5.41, 5.74) is 6.64. The van der Waals surface area contributed by atoms with Crippen LogP contribution in [0.4, 0.5) is 4.79 Å². The molecule has 0 bridgehead atoms. The molecule has 3 amide bonds. The van der Waals surface area contributed by atoms with Crippen LogP contribution in [0.5, 0.6) is 0 Å². The van der Waals surface area contributed by atoms with Crippen LogP contribution in [0.2, 0.25) is 0 Å². The predicted molar refractivity (Wildman–Crippen MR) is 142 cm³/mol. The fraction of sp³-hybridized carbons (Fsp3) is 0.448. The third kappa shape index (κ3) is 8.61. The smallest absolute Gasteiger partial charge is 0.408 e. The first-order chi connectivity index (χ1) is 18.0. The molecule has 0 radical (unpaired) electrons. The van der Waals surface area contributed by atoms with Gasteiger partial charge in [0.05, 0.1) is 0 Å². The summed E-state index contributed by atoms with van der Waals surface area (Å²) in [5, 5.41) is 2.63.